The third-order valence-electron chi connectivity index (χ3n) is 5.44. The predicted octanol–water partition coefficient (Wildman–Crippen LogP) is 3.38. The van der Waals surface area contributed by atoms with Crippen molar-refractivity contribution in [3.05, 3.63) is 0 Å². The molecule has 1 N–H and O–H groups in total. The summed E-state index contributed by atoms with van der Waals surface area (Å²) in [6, 6.07) is 1.49. The number of nitrogens with zero attached hydrogens (tertiary/aromatic N) is 1. The standard InChI is InChI=1S/C17H34N2/c1-12(2)16-9-18-15(14-7-8-14)11-19(16)10-13(3)17(4,5)6/h12-16,18H,7-11H2,1-6H3. The van der Waals surface area contributed by atoms with Gasteiger partial charge in [-0.2, -0.15) is 0 Å². The van der Waals surface area contributed by atoms with E-state index in [4.69, 9.17) is 0 Å². The van der Waals surface area contributed by atoms with E-state index in [1.54, 1.807) is 0 Å². The second-order valence-electron chi connectivity index (χ2n) is 8.38. The first-order chi connectivity index (χ1) is 8.79. The summed E-state index contributed by atoms with van der Waals surface area (Å²) >= 11 is 0. The summed E-state index contributed by atoms with van der Waals surface area (Å²) in [5, 5.41) is 3.81. The van der Waals surface area contributed by atoms with Gasteiger partial charge in [-0.1, -0.05) is 41.5 Å². The van der Waals surface area contributed by atoms with Gasteiger partial charge in [-0.3, -0.25) is 4.90 Å². The lowest BCUT2D eigenvalue weighted by molar-refractivity contribution is 0.0571. The van der Waals surface area contributed by atoms with Gasteiger partial charge < -0.3 is 5.32 Å². The third kappa shape index (κ3) is 3.95. The van der Waals surface area contributed by atoms with E-state index in [1.165, 1.54) is 32.5 Å². The molecule has 1 saturated heterocycles. The molecule has 2 nitrogen and oxygen atoms in total. The van der Waals surface area contributed by atoms with Gasteiger partial charge in [0.2, 0.25) is 0 Å². The van der Waals surface area contributed by atoms with Crippen molar-refractivity contribution in [3.63, 3.8) is 0 Å². The molecule has 2 heteroatoms. The fraction of sp³-hybridized carbons (Fsp3) is 1.00. The van der Waals surface area contributed by atoms with E-state index in [-0.39, 0.29) is 0 Å². The first-order valence-corrected chi connectivity index (χ1v) is 8.26. The second-order valence-corrected chi connectivity index (χ2v) is 8.38. The van der Waals surface area contributed by atoms with Crippen LogP contribution in [0.15, 0.2) is 0 Å². The van der Waals surface area contributed by atoms with Crippen LogP contribution in [0.5, 0.6) is 0 Å². The highest BCUT2D eigenvalue weighted by atomic mass is 15.2. The average molecular weight is 266 g/mol. The van der Waals surface area contributed by atoms with Crippen molar-refractivity contribution in [2.24, 2.45) is 23.2 Å². The average Bonchev–Trinajstić information content (AvgIpc) is 3.10. The first kappa shape index (κ1) is 15.3. The van der Waals surface area contributed by atoms with Crippen LogP contribution in [0.1, 0.15) is 54.4 Å². The molecule has 0 aromatic carbocycles. The van der Waals surface area contributed by atoms with Crippen molar-refractivity contribution in [2.45, 2.75) is 66.5 Å². The fourth-order valence-electron chi connectivity index (χ4n) is 3.16. The van der Waals surface area contributed by atoms with Crippen molar-refractivity contribution in [1.82, 2.24) is 10.2 Å². The number of rotatable bonds is 4. The molecule has 0 aromatic heterocycles. The van der Waals surface area contributed by atoms with Crippen LogP contribution >= 0.6 is 0 Å². The lowest BCUT2D eigenvalue weighted by Gasteiger charge is -2.45. The molecule has 2 aliphatic rings. The Morgan fingerprint density at radius 2 is 1.79 bits per heavy atom. The third-order valence-corrected chi connectivity index (χ3v) is 5.44. The number of piperazine rings is 1. The van der Waals surface area contributed by atoms with Crippen LogP contribution in [0.3, 0.4) is 0 Å². The van der Waals surface area contributed by atoms with E-state index >= 15 is 0 Å². The van der Waals surface area contributed by atoms with E-state index in [0.29, 0.717) is 5.41 Å². The van der Waals surface area contributed by atoms with Gasteiger partial charge in [0.15, 0.2) is 0 Å². The molecule has 1 saturated carbocycles. The zero-order valence-electron chi connectivity index (χ0n) is 13.9. The van der Waals surface area contributed by atoms with Crippen LogP contribution in [-0.4, -0.2) is 36.6 Å². The van der Waals surface area contributed by atoms with E-state index in [9.17, 15) is 0 Å². The smallest absolute Gasteiger partial charge is 0.0244 e. The Morgan fingerprint density at radius 3 is 2.26 bits per heavy atom. The minimum Gasteiger partial charge on any atom is -0.311 e. The summed E-state index contributed by atoms with van der Waals surface area (Å²) in [6.45, 7) is 18.0. The lowest BCUT2D eigenvalue weighted by atomic mass is 9.81. The summed E-state index contributed by atoms with van der Waals surface area (Å²) in [6.07, 6.45) is 2.90. The van der Waals surface area contributed by atoms with Gasteiger partial charge in [-0.25, -0.2) is 0 Å². The van der Waals surface area contributed by atoms with E-state index in [1.807, 2.05) is 0 Å². The molecule has 3 atom stereocenters. The maximum absolute atomic E-state index is 3.81. The molecule has 0 radical (unpaired) electrons. The second kappa shape index (κ2) is 5.73. The minimum absolute atomic E-state index is 0.418. The van der Waals surface area contributed by atoms with Crippen molar-refractivity contribution in [1.29, 1.82) is 0 Å². The highest BCUT2D eigenvalue weighted by Gasteiger charge is 2.38. The molecule has 1 aliphatic heterocycles. The van der Waals surface area contributed by atoms with Crippen LogP contribution in [0, 0.1) is 23.2 Å². The van der Waals surface area contributed by atoms with Gasteiger partial charge in [0, 0.05) is 31.7 Å². The summed E-state index contributed by atoms with van der Waals surface area (Å²) in [7, 11) is 0. The molecule has 0 spiro atoms. The largest absolute Gasteiger partial charge is 0.311 e. The molecule has 1 aliphatic carbocycles. The highest BCUT2D eigenvalue weighted by molar-refractivity contribution is 4.96. The molecule has 0 amide bonds. The molecule has 0 bridgehead atoms. The van der Waals surface area contributed by atoms with Gasteiger partial charge in [0.05, 0.1) is 0 Å². The van der Waals surface area contributed by atoms with Crippen molar-refractivity contribution in [2.75, 3.05) is 19.6 Å². The molecule has 19 heavy (non-hydrogen) atoms. The van der Waals surface area contributed by atoms with Crippen LogP contribution in [0.2, 0.25) is 0 Å². The Balaban J connectivity index is 1.98. The van der Waals surface area contributed by atoms with Crippen LogP contribution < -0.4 is 5.32 Å². The quantitative estimate of drug-likeness (QED) is 0.839. The van der Waals surface area contributed by atoms with Gasteiger partial charge in [-0.15, -0.1) is 0 Å². The summed E-state index contributed by atoms with van der Waals surface area (Å²) in [5.74, 6) is 2.48. The van der Waals surface area contributed by atoms with Gasteiger partial charge in [0.25, 0.3) is 0 Å². The zero-order chi connectivity index (χ0) is 14.2. The summed E-state index contributed by atoms with van der Waals surface area (Å²) < 4.78 is 0. The Bertz CT molecular complexity index is 288. The van der Waals surface area contributed by atoms with E-state index in [0.717, 1.165) is 29.8 Å². The Hall–Kier alpha value is -0.0800. The van der Waals surface area contributed by atoms with E-state index in [2.05, 4.69) is 51.8 Å². The van der Waals surface area contributed by atoms with E-state index < -0.39 is 0 Å². The van der Waals surface area contributed by atoms with Crippen molar-refractivity contribution in [3.8, 4) is 0 Å². The highest BCUT2D eigenvalue weighted by Crippen LogP contribution is 2.35. The Morgan fingerprint density at radius 1 is 1.16 bits per heavy atom. The SMILES string of the molecule is CC(C)C1CNC(C2CC2)CN1CC(C)C(C)(C)C. The molecular weight excluding hydrogens is 232 g/mol. The molecule has 2 rings (SSSR count). The topological polar surface area (TPSA) is 15.3 Å². The van der Waals surface area contributed by atoms with Crippen LogP contribution in [-0.2, 0) is 0 Å². The van der Waals surface area contributed by atoms with Gasteiger partial charge >= 0.3 is 0 Å². The van der Waals surface area contributed by atoms with Crippen LogP contribution in [0.4, 0.5) is 0 Å². The number of hydrogen-bond donors (Lipinski definition) is 1. The van der Waals surface area contributed by atoms with Gasteiger partial charge in [0.1, 0.15) is 0 Å². The first-order valence-electron chi connectivity index (χ1n) is 8.26. The molecule has 1 heterocycles. The Kier molecular flexibility index (Phi) is 4.62. The Labute approximate surface area is 120 Å². The maximum atomic E-state index is 3.81. The number of hydrogen-bond acceptors (Lipinski definition) is 2. The maximum Gasteiger partial charge on any atom is 0.0244 e. The molecular formula is C17H34N2. The number of nitrogens with one attached hydrogen (secondary N) is 1. The van der Waals surface area contributed by atoms with Gasteiger partial charge in [-0.05, 0) is 36.0 Å². The van der Waals surface area contributed by atoms with Crippen molar-refractivity contribution < 1.29 is 0 Å². The fourth-order valence-corrected chi connectivity index (χ4v) is 3.16. The monoisotopic (exact) mass is 266 g/mol. The lowest BCUT2D eigenvalue weighted by Crippen LogP contribution is -2.60. The van der Waals surface area contributed by atoms with Crippen molar-refractivity contribution >= 4 is 0 Å². The molecule has 0 aromatic rings. The van der Waals surface area contributed by atoms with Crippen LogP contribution in [0.25, 0.3) is 0 Å². The molecule has 3 unspecified atom stereocenters. The zero-order valence-corrected chi connectivity index (χ0v) is 13.9. The normalized spacial score (nSPS) is 31.7. The predicted molar refractivity (Wildman–Crippen MR) is 83.3 cm³/mol. The minimum atomic E-state index is 0.418. The summed E-state index contributed by atoms with van der Waals surface area (Å²) in [5.41, 5.74) is 0.418. The molecule has 2 fully saturated rings. The molecule has 112 valence electrons. The summed E-state index contributed by atoms with van der Waals surface area (Å²) in [4.78, 5) is 2.79.